The lowest BCUT2D eigenvalue weighted by Gasteiger charge is -2.28. The second-order valence-electron chi connectivity index (χ2n) is 3.56. The second kappa shape index (κ2) is 4.18. The summed E-state index contributed by atoms with van der Waals surface area (Å²) in [5, 5.41) is 12.6. The predicted molar refractivity (Wildman–Crippen MR) is 55.4 cm³/mol. The number of phenols is 1. The lowest BCUT2D eigenvalue weighted by Crippen LogP contribution is -2.34. The van der Waals surface area contributed by atoms with Gasteiger partial charge in [0.15, 0.2) is 0 Å². The number of rotatable bonds is 2. The monoisotopic (exact) mass is 249 g/mol. The molecule has 0 bridgehead atoms. The number of phenolic OH excluding ortho intramolecular Hbond substituents is 1. The van der Waals surface area contributed by atoms with Crippen molar-refractivity contribution in [1.82, 2.24) is 5.32 Å². The molecule has 2 rings (SSSR count). The fraction of sp³-hybridized carbons (Fsp3) is 0.400. The molecule has 0 aliphatic carbocycles. The van der Waals surface area contributed by atoms with Gasteiger partial charge in [-0.1, -0.05) is 0 Å². The fourth-order valence-corrected chi connectivity index (χ4v) is 2.15. The van der Waals surface area contributed by atoms with E-state index in [0.29, 0.717) is 5.56 Å². The average Bonchev–Trinajstić information content (AvgIpc) is 2.05. The van der Waals surface area contributed by atoms with Gasteiger partial charge in [0.05, 0.1) is 0 Å². The molecule has 16 heavy (non-hydrogen) atoms. The molecule has 0 saturated carbocycles. The number of benzene rings is 1. The summed E-state index contributed by atoms with van der Waals surface area (Å²) in [6.45, 7) is 0.834. The zero-order valence-electron chi connectivity index (χ0n) is 8.21. The van der Waals surface area contributed by atoms with E-state index >= 15 is 0 Å². The maximum atomic E-state index is 12.2. The molecule has 88 valence electrons. The van der Waals surface area contributed by atoms with Crippen LogP contribution in [0.1, 0.15) is 18.0 Å². The molecule has 0 amide bonds. The van der Waals surface area contributed by atoms with Crippen LogP contribution in [0.3, 0.4) is 0 Å². The predicted octanol–water partition coefficient (Wildman–Crippen LogP) is 3.04. The first-order chi connectivity index (χ1) is 7.46. The van der Waals surface area contributed by atoms with E-state index in [9.17, 15) is 18.3 Å². The molecule has 6 heteroatoms. The van der Waals surface area contributed by atoms with Gasteiger partial charge in [-0.2, -0.15) is 13.2 Å². The van der Waals surface area contributed by atoms with Crippen molar-refractivity contribution in [3.8, 4) is 5.75 Å². The maximum absolute atomic E-state index is 12.2. The van der Waals surface area contributed by atoms with Crippen molar-refractivity contribution in [2.45, 2.75) is 22.9 Å². The van der Waals surface area contributed by atoms with Crippen molar-refractivity contribution < 1.29 is 18.3 Å². The highest BCUT2D eigenvalue weighted by atomic mass is 32.2. The minimum absolute atomic E-state index is 0.0196. The van der Waals surface area contributed by atoms with E-state index in [1.807, 2.05) is 0 Å². The van der Waals surface area contributed by atoms with Crippen molar-refractivity contribution in [3.05, 3.63) is 23.8 Å². The van der Waals surface area contributed by atoms with Gasteiger partial charge in [-0.25, -0.2) is 0 Å². The Kier molecular flexibility index (Phi) is 3.03. The molecular weight excluding hydrogens is 239 g/mol. The highest BCUT2D eigenvalue weighted by Crippen LogP contribution is 2.40. The van der Waals surface area contributed by atoms with Gasteiger partial charge in [0.1, 0.15) is 5.75 Å². The Balaban J connectivity index is 2.21. The van der Waals surface area contributed by atoms with E-state index in [1.165, 1.54) is 18.2 Å². The topological polar surface area (TPSA) is 32.3 Å². The molecule has 2 nitrogen and oxygen atoms in total. The molecule has 1 aromatic carbocycles. The van der Waals surface area contributed by atoms with Crippen LogP contribution in [0.15, 0.2) is 23.1 Å². The summed E-state index contributed by atoms with van der Waals surface area (Å²) < 4.78 is 36.5. The molecular formula is C10H10F3NOS. The summed E-state index contributed by atoms with van der Waals surface area (Å²) in [6, 6.07) is 3.96. The molecule has 1 saturated heterocycles. The van der Waals surface area contributed by atoms with Crippen LogP contribution in [-0.2, 0) is 0 Å². The van der Waals surface area contributed by atoms with Gasteiger partial charge in [-0.15, -0.1) is 0 Å². The second-order valence-corrected chi connectivity index (χ2v) is 4.70. The van der Waals surface area contributed by atoms with Crippen LogP contribution < -0.4 is 5.32 Å². The average molecular weight is 249 g/mol. The van der Waals surface area contributed by atoms with Gasteiger partial charge in [0, 0.05) is 16.5 Å². The zero-order valence-corrected chi connectivity index (χ0v) is 9.03. The third-order valence-corrected chi connectivity index (χ3v) is 3.15. The minimum Gasteiger partial charge on any atom is -0.508 e. The van der Waals surface area contributed by atoms with Crippen LogP contribution in [0, 0.1) is 0 Å². The Hall–Kier alpha value is -0.880. The Bertz CT molecular complexity index is 390. The number of aromatic hydroxyl groups is 1. The van der Waals surface area contributed by atoms with Crippen LogP contribution in [0.5, 0.6) is 5.75 Å². The zero-order chi connectivity index (χ0) is 11.8. The van der Waals surface area contributed by atoms with Gasteiger partial charge in [-0.05, 0) is 42.9 Å². The van der Waals surface area contributed by atoms with Crippen molar-refractivity contribution in [2.75, 3.05) is 6.54 Å². The standard InChI is InChI=1S/C10H10F3NOS/c11-10(12,13)16-6-1-2-9(15)7(5-6)8-3-4-14-8/h1-2,5,8,14-15H,3-4H2/t8-/m1/s1. The first-order valence-corrected chi connectivity index (χ1v) is 5.59. The SMILES string of the molecule is Oc1ccc(SC(F)(F)F)cc1[C@H]1CCN1. The van der Waals surface area contributed by atoms with Crippen molar-refractivity contribution in [1.29, 1.82) is 0 Å². The Morgan fingerprint density at radius 2 is 2.06 bits per heavy atom. The van der Waals surface area contributed by atoms with Gasteiger partial charge in [0.2, 0.25) is 0 Å². The minimum atomic E-state index is -4.29. The molecule has 0 aromatic heterocycles. The van der Waals surface area contributed by atoms with E-state index in [0.717, 1.165) is 13.0 Å². The molecule has 1 heterocycles. The largest absolute Gasteiger partial charge is 0.508 e. The fourth-order valence-electron chi connectivity index (χ4n) is 1.56. The maximum Gasteiger partial charge on any atom is 0.446 e. The van der Waals surface area contributed by atoms with E-state index in [-0.39, 0.29) is 28.4 Å². The Morgan fingerprint density at radius 1 is 1.38 bits per heavy atom. The highest BCUT2D eigenvalue weighted by Gasteiger charge is 2.30. The van der Waals surface area contributed by atoms with Crippen LogP contribution in [0.4, 0.5) is 13.2 Å². The van der Waals surface area contributed by atoms with Crippen LogP contribution >= 0.6 is 11.8 Å². The first kappa shape index (κ1) is 11.6. The molecule has 1 aliphatic rings. The van der Waals surface area contributed by atoms with E-state index in [1.54, 1.807) is 0 Å². The number of alkyl halides is 3. The van der Waals surface area contributed by atoms with Crippen LogP contribution in [-0.4, -0.2) is 17.2 Å². The van der Waals surface area contributed by atoms with E-state index in [2.05, 4.69) is 5.32 Å². The first-order valence-electron chi connectivity index (χ1n) is 4.78. The third kappa shape index (κ3) is 2.62. The lowest BCUT2D eigenvalue weighted by atomic mass is 9.97. The summed E-state index contributed by atoms with van der Waals surface area (Å²) in [7, 11) is 0. The molecule has 1 fully saturated rings. The molecule has 0 spiro atoms. The molecule has 1 atom stereocenters. The normalized spacial score (nSPS) is 20.6. The molecule has 1 aromatic rings. The van der Waals surface area contributed by atoms with E-state index in [4.69, 9.17) is 0 Å². The number of hydrogen-bond acceptors (Lipinski definition) is 3. The van der Waals surface area contributed by atoms with Crippen molar-refractivity contribution >= 4 is 11.8 Å². The van der Waals surface area contributed by atoms with Crippen LogP contribution in [0.2, 0.25) is 0 Å². The van der Waals surface area contributed by atoms with E-state index < -0.39 is 5.51 Å². The summed E-state index contributed by atoms with van der Waals surface area (Å²) >= 11 is -0.163. The smallest absolute Gasteiger partial charge is 0.446 e. The number of halogens is 3. The number of thioether (sulfide) groups is 1. The molecule has 2 N–H and O–H groups in total. The number of nitrogens with one attached hydrogen (secondary N) is 1. The van der Waals surface area contributed by atoms with Crippen molar-refractivity contribution in [2.24, 2.45) is 0 Å². The summed E-state index contributed by atoms with van der Waals surface area (Å²) in [5.74, 6) is 0.0451. The van der Waals surface area contributed by atoms with Crippen molar-refractivity contribution in [3.63, 3.8) is 0 Å². The summed E-state index contributed by atoms with van der Waals surface area (Å²) in [5.41, 5.74) is -3.75. The summed E-state index contributed by atoms with van der Waals surface area (Å²) in [6.07, 6.45) is 0.841. The third-order valence-electron chi connectivity index (χ3n) is 2.43. The van der Waals surface area contributed by atoms with Gasteiger partial charge in [0.25, 0.3) is 0 Å². The van der Waals surface area contributed by atoms with Gasteiger partial charge in [-0.3, -0.25) is 0 Å². The quantitative estimate of drug-likeness (QED) is 0.790. The van der Waals surface area contributed by atoms with Crippen LogP contribution in [0.25, 0.3) is 0 Å². The van der Waals surface area contributed by atoms with Gasteiger partial charge >= 0.3 is 5.51 Å². The number of hydrogen-bond donors (Lipinski definition) is 2. The molecule has 0 radical (unpaired) electrons. The summed E-state index contributed by atoms with van der Waals surface area (Å²) in [4.78, 5) is 0.106. The Labute approximate surface area is 94.8 Å². The highest BCUT2D eigenvalue weighted by molar-refractivity contribution is 8.00. The molecule has 1 aliphatic heterocycles. The Morgan fingerprint density at radius 3 is 2.56 bits per heavy atom. The molecule has 0 unspecified atom stereocenters. The van der Waals surface area contributed by atoms with Gasteiger partial charge < -0.3 is 10.4 Å². The lowest BCUT2D eigenvalue weighted by molar-refractivity contribution is -0.0328.